The molecule has 13 heteroatoms. The second kappa shape index (κ2) is 11.9. The van der Waals surface area contributed by atoms with Crippen molar-refractivity contribution in [3.05, 3.63) is 73.2 Å². The number of oxazole rings is 1. The van der Waals surface area contributed by atoms with Gasteiger partial charge in [0.15, 0.2) is 5.58 Å². The number of alkyl halides is 3. The van der Waals surface area contributed by atoms with Crippen LogP contribution in [0.5, 0.6) is 0 Å². The number of aromatic nitrogens is 4. The van der Waals surface area contributed by atoms with E-state index in [1.54, 1.807) is 6.20 Å². The zero-order chi connectivity index (χ0) is 29.9. The lowest BCUT2D eigenvalue weighted by atomic mass is 10.1. The molecule has 0 saturated carbocycles. The number of carbonyl (C=O) groups is 1. The molecule has 10 nitrogen and oxygen atoms in total. The highest BCUT2D eigenvalue weighted by Gasteiger charge is 2.38. The standard InChI is InChI=1S/C27H27N7O.C2HF3O2/c1-33(20-5-3-2-4-6-20)22-7-8-25-24(14-22)32-27(35-25)23-13-18(15-30-26(23)28)19-16-31-34(17-19)21-9-11-29-12-10-21;3-2(4,5)1(6)7/h2-8,13-17,21,29H,9-12H2,1H3,(H2,28,30);(H,6,7). The van der Waals surface area contributed by atoms with E-state index in [1.165, 1.54) is 0 Å². The number of nitrogen functional groups attached to an aromatic ring is 1. The SMILES string of the molecule is CN(c1ccccc1)c1ccc2oc(-c3cc(-c4cnn(C5CCNCC5)c4)cnc3N)nc2c1.O=C(O)C(F)(F)F. The molecule has 6 rings (SSSR count). The summed E-state index contributed by atoms with van der Waals surface area (Å²) in [6, 6.07) is 18.6. The Balaban J connectivity index is 0.000000451. The fourth-order valence-electron chi connectivity index (χ4n) is 4.60. The summed E-state index contributed by atoms with van der Waals surface area (Å²) in [6.07, 6.45) is 2.83. The van der Waals surface area contributed by atoms with Gasteiger partial charge in [0.1, 0.15) is 11.3 Å². The molecule has 5 aromatic rings. The molecular weight excluding hydrogens is 551 g/mol. The molecule has 0 radical (unpaired) electrons. The molecule has 0 amide bonds. The van der Waals surface area contributed by atoms with Gasteiger partial charge in [0.25, 0.3) is 0 Å². The number of carboxylic acids is 1. The summed E-state index contributed by atoms with van der Waals surface area (Å²) in [7, 11) is 2.03. The monoisotopic (exact) mass is 579 g/mol. The average Bonchev–Trinajstić information content (AvgIpc) is 3.65. The minimum Gasteiger partial charge on any atom is -0.475 e. The van der Waals surface area contributed by atoms with Crippen LogP contribution in [0.15, 0.2) is 77.6 Å². The number of aliphatic carboxylic acids is 1. The minimum absolute atomic E-state index is 0.382. The smallest absolute Gasteiger partial charge is 0.475 e. The van der Waals surface area contributed by atoms with Crippen molar-refractivity contribution in [2.45, 2.75) is 25.1 Å². The zero-order valence-corrected chi connectivity index (χ0v) is 22.5. The first kappa shape index (κ1) is 28.6. The summed E-state index contributed by atoms with van der Waals surface area (Å²) in [4.78, 5) is 20.2. The number of hydrogen-bond acceptors (Lipinski definition) is 8. The van der Waals surface area contributed by atoms with Crippen molar-refractivity contribution < 1.29 is 27.5 Å². The van der Waals surface area contributed by atoms with E-state index in [2.05, 4.69) is 43.3 Å². The first-order chi connectivity index (χ1) is 20.1. The van der Waals surface area contributed by atoms with Crippen molar-refractivity contribution in [1.82, 2.24) is 25.1 Å². The molecule has 42 heavy (non-hydrogen) atoms. The molecule has 0 aliphatic carbocycles. The lowest BCUT2D eigenvalue weighted by Gasteiger charge is -2.22. The van der Waals surface area contributed by atoms with Crippen LogP contribution < -0.4 is 16.0 Å². The maximum atomic E-state index is 10.6. The molecule has 3 aromatic heterocycles. The summed E-state index contributed by atoms with van der Waals surface area (Å²) >= 11 is 0. The highest BCUT2D eigenvalue weighted by molar-refractivity contribution is 5.84. The van der Waals surface area contributed by atoms with Crippen molar-refractivity contribution >= 4 is 34.3 Å². The Morgan fingerprint density at radius 3 is 2.48 bits per heavy atom. The predicted octanol–water partition coefficient (Wildman–Crippen LogP) is 5.66. The van der Waals surface area contributed by atoms with Gasteiger partial charge in [0.05, 0.1) is 17.8 Å². The number of rotatable bonds is 5. The van der Waals surface area contributed by atoms with E-state index >= 15 is 0 Å². The lowest BCUT2D eigenvalue weighted by molar-refractivity contribution is -0.192. The lowest BCUT2D eigenvalue weighted by Crippen LogP contribution is -2.29. The van der Waals surface area contributed by atoms with Crippen LogP contribution in [-0.4, -0.2) is 57.1 Å². The summed E-state index contributed by atoms with van der Waals surface area (Å²) in [6.45, 7) is 2.04. The summed E-state index contributed by atoms with van der Waals surface area (Å²) < 4.78 is 39.9. The third kappa shape index (κ3) is 6.36. The highest BCUT2D eigenvalue weighted by atomic mass is 19.4. The summed E-state index contributed by atoms with van der Waals surface area (Å²) in [5.41, 5.74) is 12.4. The number of benzene rings is 2. The molecule has 4 heterocycles. The van der Waals surface area contributed by atoms with Gasteiger partial charge < -0.3 is 25.5 Å². The van der Waals surface area contributed by atoms with E-state index in [0.717, 1.165) is 53.9 Å². The van der Waals surface area contributed by atoms with Crippen LogP contribution >= 0.6 is 0 Å². The van der Waals surface area contributed by atoms with Crippen molar-refractivity contribution in [1.29, 1.82) is 0 Å². The van der Waals surface area contributed by atoms with Crippen molar-refractivity contribution in [2.75, 3.05) is 30.8 Å². The number of fused-ring (bicyclic) bond motifs is 1. The van der Waals surface area contributed by atoms with Gasteiger partial charge in [0, 0.05) is 41.9 Å². The Morgan fingerprint density at radius 1 is 1.07 bits per heavy atom. The van der Waals surface area contributed by atoms with Crippen molar-refractivity contribution in [3.8, 4) is 22.6 Å². The van der Waals surface area contributed by atoms with E-state index in [9.17, 15) is 13.2 Å². The van der Waals surface area contributed by atoms with Crippen LogP contribution in [0.25, 0.3) is 33.7 Å². The molecule has 1 aliphatic heterocycles. The highest BCUT2D eigenvalue weighted by Crippen LogP contribution is 2.34. The number of hydrogen-bond donors (Lipinski definition) is 3. The van der Waals surface area contributed by atoms with Crippen LogP contribution in [0.4, 0.5) is 30.4 Å². The van der Waals surface area contributed by atoms with Gasteiger partial charge in [-0.3, -0.25) is 4.68 Å². The molecule has 0 bridgehead atoms. The average molecular weight is 580 g/mol. The third-order valence-electron chi connectivity index (χ3n) is 6.91. The topological polar surface area (TPSA) is 135 Å². The van der Waals surface area contributed by atoms with Crippen LogP contribution in [0.1, 0.15) is 18.9 Å². The van der Waals surface area contributed by atoms with Gasteiger partial charge in [-0.05, 0) is 62.3 Å². The van der Waals surface area contributed by atoms with Gasteiger partial charge in [-0.25, -0.2) is 14.8 Å². The van der Waals surface area contributed by atoms with E-state index in [-0.39, 0.29) is 0 Å². The van der Waals surface area contributed by atoms with Crippen LogP contribution in [-0.2, 0) is 4.79 Å². The molecular formula is C29H28F3N7O3. The van der Waals surface area contributed by atoms with E-state index in [1.807, 2.05) is 55.7 Å². The number of nitrogens with one attached hydrogen (secondary N) is 1. The maximum Gasteiger partial charge on any atom is 0.490 e. The number of nitrogens with zero attached hydrogens (tertiary/aromatic N) is 5. The number of anilines is 3. The first-order valence-electron chi connectivity index (χ1n) is 13.1. The molecule has 1 saturated heterocycles. The number of nitrogens with two attached hydrogens (primary N) is 1. The number of halogens is 3. The summed E-state index contributed by atoms with van der Waals surface area (Å²) in [5.74, 6) is -1.92. The van der Waals surface area contributed by atoms with E-state index in [0.29, 0.717) is 28.9 Å². The molecule has 1 fully saturated rings. The van der Waals surface area contributed by atoms with Gasteiger partial charge in [-0.1, -0.05) is 18.2 Å². The molecule has 0 unspecified atom stereocenters. The van der Waals surface area contributed by atoms with E-state index < -0.39 is 12.1 Å². The van der Waals surface area contributed by atoms with Crippen molar-refractivity contribution in [3.63, 3.8) is 0 Å². The number of carboxylic acid groups (broad SMARTS) is 1. The van der Waals surface area contributed by atoms with Crippen LogP contribution in [0, 0.1) is 0 Å². The van der Waals surface area contributed by atoms with Gasteiger partial charge in [0.2, 0.25) is 5.89 Å². The Hall–Kier alpha value is -4.91. The Kier molecular flexibility index (Phi) is 8.11. The predicted molar refractivity (Wildman–Crippen MR) is 152 cm³/mol. The minimum atomic E-state index is -5.08. The Morgan fingerprint density at radius 2 is 1.79 bits per heavy atom. The largest absolute Gasteiger partial charge is 0.490 e. The number of piperidine rings is 1. The fraction of sp³-hybridized carbons (Fsp3) is 0.241. The molecule has 0 spiro atoms. The second-order valence-electron chi connectivity index (χ2n) is 9.72. The quantitative estimate of drug-likeness (QED) is 0.241. The maximum absolute atomic E-state index is 10.6. The number of pyridine rings is 1. The normalized spacial score (nSPS) is 13.9. The molecule has 218 valence electrons. The van der Waals surface area contributed by atoms with Gasteiger partial charge >= 0.3 is 12.1 Å². The Labute approximate surface area is 238 Å². The third-order valence-corrected chi connectivity index (χ3v) is 6.91. The molecule has 1 aliphatic rings. The Bertz CT molecular complexity index is 1680. The zero-order valence-electron chi connectivity index (χ0n) is 22.5. The molecule has 2 aromatic carbocycles. The number of para-hydroxylation sites is 1. The van der Waals surface area contributed by atoms with Gasteiger partial charge in [-0.15, -0.1) is 0 Å². The second-order valence-corrected chi connectivity index (χ2v) is 9.72. The molecule has 4 N–H and O–H groups in total. The van der Waals surface area contributed by atoms with Gasteiger partial charge in [-0.2, -0.15) is 18.3 Å². The van der Waals surface area contributed by atoms with Crippen molar-refractivity contribution in [2.24, 2.45) is 0 Å². The first-order valence-corrected chi connectivity index (χ1v) is 13.1. The van der Waals surface area contributed by atoms with E-state index in [4.69, 9.17) is 25.0 Å². The fourth-order valence-corrected chi connectivity index (χ4v) is 4.60. The summed E-state index contributed by atoms with van der Waals surface area (Å²) in [5, 5.41) is 15.1. The van der Waals surface area contributed by atoms with Crippen LogP contribution in [0.3, 0.4) is 0 Å². The molecule has 0 atom stereocenters. The van der Waals surface area contributed by atoms with Crippen LogP contribution in [0.2, 0.25) is 0 Å².